The summed E-state index contributed by atoms with van der Waals surface area (Å²) in [6.07, 6.45) is 0.453. The first kappa shape index (κ1) is 11.9. The van der Waals surface area contributed by atoms with E-state index in [0.717, 1.165) is 31.7 Å². The lowest BCUT2D eigenvalue weighted by atomic mass is 10.1. The molecule has 17 heavy (non-hydrogen) atoms. The van der Waals surface area contributed by atoms with E-state index >= 15 is 0 Å². The Morgan fingerprint density at radius 3 is 2.65 bits per heavy atom. The Hall–Kier alpha value is -1.55. The van der Waals surface area contributed by atoms with Gasteiger partial charge in [0.2, 0.25) is 5.91 Å². The summed E-state index contributed by atoms with van der Waals surface area (Å²) >= 11 is 0. The maximum absolute atomic E-state index is 12.1. The number of amides is 1. The lowest BCUT2D eigenvalue weighted by Crippen LogP contribution is -2.47. The second-order valence-corrected chi connectivity index (χ2v) is 4.61. The molecule has 2 rings (SSSR count). The number of benzene rings is 1. The maximum Gasteiger partial charge on any atom is 0.227 e. The molecule has 4 heteroatoms. The van der Waals surface area contributed by atoms with Crippen LogP contribution in [0.4, 0.5) is 5.69 Å². The number of nitrogen functional groups attached to an aromatic ring is 1. The van der Waals surface area contributed by atoms with Crippen LogP contribution in [-0.2, 0) is 11.2 Å². The molecule has 1 fully saturated rings. The smallest absolute Gasteiger partial charge is 0.227 e. The van der Waals surface area contributed by atoms with Crippen molar-refractivity contribution in [1.82, 2.24) is 9.80 Å². The summed E-state index contributed by atoms with van der Waals surface area (Å²) in [6.45, 7) is 3.58. The molecule has 1 aliphatic heterocycles. The van der Waals surface area contributed by atoms with Gasteiger partial charge in [0.05, 0.1) is 6.42 Å². The van der Waals surface area contributed by atoms with E-state index in [4.69, 9.17) is 5.73 Å². The third kappa shape index (κ3) is 3.20. The van der Waals surface area contributed by atoms with E-state index in [1.165, 1.54) is 0 Å². The highest BCUT2D eigenvalue weighted by Gasteiger charge is 2.18. The molecule has 1 aromatic carbocycles. The zero-order valence-electron chi connectivity index (χ0n) is 10.2. The van der Waals surface area contributed by atoms with Gasteiger partial charge in [-0.15, -0.1) is 0 Å². The first-order chi connectivity index (χ1) is 8.15. The first-order valence-electron chi connectivity index (χ1n) is 5.96. The number of hydrogen-bond acceptors (Lipinski definition) is 3. The molecule has 4 nitrogen and oxygen atoms in total. The molecular weight excluding hydrogens is 214 g/mol. The van der Waals surface area contributed by atoms with Crippen molar-refractivity contribution in [1.29, 1.82) is 0 Å². The van der Waals surface area contributed by atoms with Crippen molar-refractivity contribution in [3.63, 3.8) is 0 Å². The van der Waals surface area contributed by atoms with Gasteiger partial charge >= 0.3 is 0 Å². The number of hydrogen-bond donors (Lipinski definition) is 1. The molecule has 0 aliphatic carbocycles. The molecule has 0 spiro atoms. The largest absolute Gasteiger partial charge is 0.399 e. The van der Waals surface area contributed by atoms with Gasteiger partial charge in [-0.05, 0) is 24.7 Å². The third-order valence-corrected chi connectivity index (χ3v) is 3.16. The number of carbonyl (C=O) groups excluding carboxylic acids is 1. The highest BCUT2D eigenvalue weighted by Crippen LogP contribution is 2.09. The minimum Gasteiger partial charge on any atom is -0.399 e. The zero-order chi connectivity index (χ0) is 12.3. The summed E-state index contributed by atoms with van der Waals surface area (Å²) in [4.78, 5) is 16.2. The SMILES string of the molecule is CN1CCN(C(=O)Cc2cccc(N)c2)CC1. The summed E-state index contributed by atoms with van der Waals surface area (Å²) in [5.41, 5.74) is 7.41. The molecule has 2 N–H and O–H groups in total. The molecule has 0 atom stereocenters. The van der Waals surface area contributed by atoms with Crippen LogP contribution in [0, 0.1) is 0 Å². The van der Waals surface area contributed by atoms with Gasteiger partial charge in [-0.3, -0.25) is 4.79 Å². The van der Waals surface area contributed by atoms with E-state index in [-0.39, 0.29) is 5.91 Å². The number of piperazine rings is 1. The van der Waals surface area contributed by atoms with Crippen LogP contribution in [0.1, 0.15) is 5.56 Å². The van der Waals surface area contributed by atoms with Crippen LogP contribution in [0.2, 0.25) is 0 Å². The second-order valence-electron chi connectivity index (χ2n) is 4.61. The van der Waals surface area contributed by atoms with Crippen molar-refractivity contribution in [2.45, 2.75) is 6.42 Å². The molecule has 1 amide bonds. The summed E-state index contributed by atoms with van der Waals surface area (Å²) < 4.78 is 0. The van der Waals surface area contributed by atoms with E-state index in [0.29, 0.717) is 12.1 Å². The molecule has 0 aromatic heterocycles. The van der Waals surface area contributed by atoms with Gasteiger partial charge in [0.15, 0.2) is 0 Å². The van der Waals surface area contributed by atoms with Crippen LogP contribution >= 0.6 is 0 Å². The molecule has 1 saturated heterocycles. The average molecular weight is 233 g/mol. The Balaban J connectivity index is 1.93. The van der Waals surface area contributed by atoms with Gasteiger partial charge in [0, 0.05) is 31.9 Å². The highest BCUT2D eigenvalue weighted by molar-refractivity contribution is 5.79. The molecule has 92 valence electrons. The van der Waals surface area contributed by atoms with Gasteiger partial charge in [0.25, 0.3) is 0 Å². The monoisotopic (exact) mass is 233 g/mol. The molecule has 1 aliphatic rings. The van der Waals surface area contributed by atoms with E-state index in [1.54, 1.807) is 0 Å². The fraction of sp³-hybridized carbons (Fsp3) is 0.462. The van der Waals surface area contributed by atoms with Gasteiger partial charge in [-0.2, -0.15) is 0 Å². The van der Waals surface area contributed by atoms with Crippen LogP contribution < -0.4 is 5.73 Å². The van der Waals surface area contributed by atoms with Crippen LogP contribution in [0.3, 0.4) is 0 Å². The van der Waals surface area contributed by atoms with Crippen LogP contribution in [-0.4, -0.2) is 48.9 Å². The zero-order valence-corrected chi connectivity index (χ0v) is 10.2. The molecule has 1 aromatic rings. The van der Waals surface area contributed by atoms with Gasteiger partial charge in [-0.25, -0.2) is 0 Å². The van der Waals surface area contributed by atoms with Gasteiger partial charge < -0.3 is 15.5 Å². The lowest BCUT2D eigenvalue weighted by Gasteiger charge is -2.32. The minimum atomic E-state index is 0.198. The number of nitrogens with zero attached hydrogens (tertiary/aromatic N) is 2. The number of likely N-dealkylation sites (N-methyl/N-ethyl adjacent to an activating group) is 1. The fourth-order valence-electron chi connectivity index (χ4n) is 2.05. The normalized spacial score (nSPS) is 17.1. The third-order valence-electron chi connectivity index (χ3n) is 3.16. The van der Waals surface area contributed by atoms with Crippen LogP contribution in [0.15, 0.2) is 24.3 Å². The lowest BCUT2D eigenvalue weighted by molar-refractivity contribution is -0.132. The topological polar surface area (TPSA) is 49.6 Å². The Labute approximate surface area is 102 Å². The second kappa shape index (κ2) is 5.19. The minimum absolute atomic E-state index is 0.198. The first-order valence-corrected chi connectivity index (χ1v) is 5.96. The van der Waals surface area contributed by atoms with Gasteiger partial charge in [-0.1, -0.05) is 12.1 Å². The molecule has 0 unspecified atom stereocenters. The predicted octanol–water partition coefficient (Wildman–Crippen LogP) is 0.585. The molecule has 0 saturated carbocycles. The van der Waals surface area contributed by atoms with Crippen molar-refractivity contribution >= 4 is 11.6 Å². The van der Waals surface area contributed by atoms with E-state index in [1.807, 2.05) is 29.2 Å². The van der Waals surface area contributed by atoms with Gasteiger partial charge in [0.1, 0.15) is 0 Å². The standard InChI is InChI=1S/C13H19N3O/c1-15-5-7-16(8-6-15)13(17)10-11-3-2-4-12(14)9-11/h2-4,9H,5-8,10,14H2,1H3. The van der Waals surface area contributed by atoms with E-state index in [9.17, 15) is 4.79 Å². The van der Waals surface area contributed by atoms with Crippen molar-refractivity contribution in [3.8, 4) is 0 Å². The number of anilines is 1. The van der Waals surface area contributed by atoms with Crippen LogP contribution in [0.25, 0.3) is 0 Å². The average Bonchev–Trinajstić information content (AvgIpc) is 2.29. The number of rotatable bonds is 2. The maximum atomic E-state index is 12.1. The van der Waals surface area contributed by atoms with E-state index in [2.05, 4.69) is 11.9 Å². The predicted molar refractivity (Wildman–Crippen MR) is 68.6 cm³/mol. The molecule has 0 radical (unpaired) electrons. The van der Waals surface area contributed by atoms with Crippen molar-refractivity contribution in [2.24, 2.45) is 0 Å². The Morgan fingerprint density at radius 2 is 2.00 bits per heavy atom. The molecule has 1 heterocycles. The van der Waals surface area contributed by atoms with E-state index < -0.39 is 0 Å². The highest BCUT2D eigenvalue weighted by atomic mass is 16.2. The summed E-state index contributed by atoms with van der Waals surface area (Å²) in [6, 6.07) is 7.55. The molecule has 0 bridgehead atoms. The molecular formula is C13H19N3O. The summed E-state index contributed by atoms with van der Waals surface area (Å²) in [5, 5.41) is 0. The Kier molecular flexibility index (Phi) is 3.64. The Bertz CT molecular complexity index is 397. The quantitative estimate of drug-likeness (QED) is 0.760. The van der Waals surface area contributed by atoms with Crippen molar-refractivity contribution < 1.29 is 4.79 Å². The van der Waals surface area contributed by atoms with Crippen molar-refractivity contribution in [2.75, 3.05) is 39.0 Å². The number of carbonyl (C=O) groups is 1. The Morgan fingerprint density at radius 1 is 1.29 bits per heavy atom. The number of nitrogens with two attached hydrogens (primary N) is 1. The van der Waals surface area contributed by atoms with Crippen molar-refractivity contribution in [3.05, 3.63) is 29.8 Å². The van der Waals surface area contributed by atoms with Crippen LogP contribution in [0.5, 0.6) is 0 Å². The summed E-state index contributed by atoms with van der Waals surface area (Å²) in [7, 11) is 2.08. The fourth-order valence-corrected chi connectivity index (χ4v) is 2.05. The summed E-state index contributed by atoms with van der Waals surface area (Å²) in [5.74, 6) is 0.198.